The Kier molecular flexibility index (Phi) is 4.99. The van der Waals surface area contributed by atoms with Crippen LogP contribution < -0.4 is 4.90 Å². The molecule has 1 atom stereocenters. The number of aromatic nitrogens is 2. The van der Waals surface area contributed by atoms with Gasteiger partial charge in [0.2, 0.25) is 5.78 Å². The van der Waals surface area contributed by atoms with Crippen LogP contribution in [0.15, 0.2) is 59.9 Å². The number of nitrogens with zero attached hydrogens (tertiary/aromatic N) is 3. The molecule has 0 N–H and O–H groups in total. The minimum atomic E-state index is -3.37. The van der Waals surface area contributed by atoms with E-state index in [9.17, 15) is 13.2 Å². The highest BCUT2D eigenvalue weighted by atomic mass is 32.2. The van der Waals surface area contributed by atoms with Crippen molar-refractivity contribution in [2.24, 2.45) is 0 Å². The maximum atomic E-state index is 12.9. The SMILES string of the molecule is CS(=O)(=O)c1cccc(C(=O)c2cnc(N3CCC[C@H]3c3cccnc3)s2)c1. The Hall–Kier alpha value is -2.58. The number of hydrogen-bond acceptors (Lipinski definition) is 7. The van der Waals surface area contributed by atoms with Gasteiger partial charge in [-0.15, -0.1) is 0 Å². The van der Waals surface area contributed by atoms with Crippen LogP contribution in [0.5, 0.6) is 0 Å². The predicted molar refractivity (Wildman–Crippen MR) is 109 cm³/mol. The monoisotopic (exact) mass is 413 g/mol. The van der Waals surface area contributed by atoms with Crippen LogP contribution in [-0.4, -0.2) is 37.0 Å². The van der Waals surface area contributed by atoms with Gasteiger partial charge in [-0.05, 0) is 36.6 Å². The molecule has 0 saturated carbocycles. The predicted octanol–water partition coefficient (Wildman–Crippen LogP) is 3.51. The standard InChI is InChI=1S/C20H19N3O3S2/c1-28(25,26)16-7-2-5-14(11-16)19(24)18-13-22-20(27-18)23-10-4-8-17(23)15-6-3-9-21-12-15/h2-3,5-7,9,11-13,17H,4,8,10H2,1H3/t17-/m0/s1. The van der Waals surface area contributed by atoms with E-state index in [1.165, 1.54) is 23.5 Å². The third-order valence-electron chi connectivity index (χ3n) is 4.81. The second kappa shape index (κ2) is 7.44. The van der Waals surface area contributed by atoms with E-state index in [1.54, 1.807) is 24.5 Å². The number of rotatable bonds is 5. The van der Waals surface area contributed by atoms with E-state index in [-0.39, 0.29) is 16.7 Å². The molecule has 0 radical (unpaired) electrons. The van der Waals surface area contributed by atoms with E-state index in [0.717, 1.165) is 36.3 Å². The molecular weight excluding hydrogens is 394 g/mol. The highest BCUT2D eigenvalue weighted by molar-refractivity contribution is 7.90. The molecule has 6 nitrogen and oxygen atoms in total. The minimum absolute atomic E-state index is 0.138. The first kappa shape index (κ1) is 18.8. The summed E-state index contributed by atoms with van der Waals surface area (Å²) in [6.07, 6.45) is 8.41. The Morgan fingerprint density at radius 1 is 1.21 bits per heavy atom. The lowest BCUT2D eigenvalue weighted by molar-refractivity contribution is 0.104. The van der Waals surface area contributed by atoms with Crippen molar-refractivity contribution in [3.05, 3.63) is 71.0 Å². The van der Waals surface area contributed by atoms with Crippen LogP contribution in [0.2, 0.25) is 0 Å². The van der Waals surface area contributed by atoms with Gasteiger partial charge in [0.05, 0.1) is 22.0 Å². The van der Waals surface area contributed by atoms with Crippen LogP contribution in [0.3, 0.4) is 0 Å². The van der Waals surface area contributed by atoms with E-state index in [4.69, 9.17) is 0 Å². The van der Waals surface area contributed by atoms with Crippen molar-refractivity contribution in [2.75, 3.05) is 17.7 Å². The molecule has 1 aliphatic rings. The van der Waals surface area contributed by atoms with E-state index in [0.29, 0.717) is 10.4 Å². The van der Waals surface area contributed by atoms with Crippen molar-refractivity contribution in [1.82, 2.24) is 9.97 Å². The third kappa shape index (κ3) is 3.70. The molecule has 1 saturated heterocycles. The summed E-state index contributed by atoms with van der Waals surface area (Å²) in [5.74, 6) is -0.216. The van der Waals surface area contributed by atoms with Gasteiger partial charge >= 0.3 is 0 Å². The summed E-state index contributed by atoms with van der Waals surface area (Å²) < 4.78 is 23.5. The van der Waals surface area contributed by atoms with Crippen LogP contribution in [-0.2, 0) is 9.84 Å². The van der Waals surface area contributed by atoms with Gasteiger partial charge in [0.25, 0.3) is 0 Å². The highest BCUT2D eigenvalue weighted by Gasteiger charge is 2.29. The zero-order valence-electron chi connectivity index (χ0n) is 15.3. The Morgan fingerprint density at radius 3 is 2.82 bits per heavy atom. The van der Waals surface area contributed by atoms with Gasteiger partial charge in [-0.3, -0.25) is 9.78 Å². The molecule has 0 bridgehead atoms. The van der Waals surface area contributed by atoms with Gasteiger partial charge in [-0.25, -0.2) is 13.4 Å². The molecule has 1 aromatic carbocycles. The topological polar surface area (TPSA) is 80.2 Å². The smallest absolute Gasteiger partial charge is 0.204 e. The maximum Gasteiger partial charge on any atom is 0.204 e. The first-order chi connectivity index (χ1) is 13.4. The van der Waals surface area contributed by atoms with E-state index >= 15 is 0 Å². The van der Waals surface area contributed by atoms with Crippen LogP contribution in [0.25, 0.3) is 0 Å². The van der Waals surface area contributed by atoms with E-state index in [1.807, 2.05) is 12.3 Å². The lowest BCUT2D eigenvalue weighted by Gasteiger charge is -2.23. The van der Waals surface area contributed by atoms with Crippen LogP contribution in [0, 0.1) is 0 Å². The molecule has 0 aliphatic carbocycles. The van der Waals surface area contributed by atoms with Gasteiger partial charge in [0, 0.05) is 30.8 Å². The minimum Gasteiger partial charge on any atom is -0.341 e. The van der Waals surface area contributed by atoms with Gasteiger partial charge in [-0.2, -0.15) is 0 Å². The van der Waals surface area contributed by atoms with Gasteiger partial charge < -0.3 is 4.90 Å². The Bertz CT molecular complexity index is 1110. The second-order valence-electron chi connectivity index (χ2n) is 6.77. The van der Waals surface area contributed by atoms with Crippen molar-refractivity contribution >= 4 is 32.1 Å². The average Bonchev–Trinajstić information content (AvgIpc) is 3.37. The third-order valence-corrected chi connectivity index (χ3v) is 6.95. The van der Waals surface area contributed by atoms with Crippen molar-refractivity contribution < 1.29 is 13.2 Å². The summed E-state index contributed by atoms with van der Waals surface area (Å²) in [5.41, 5.74) is 1.49. The number of hydrogen-bond donors (Lipinski definition) is 0. The summed E-state index contributed by atoms with van der Waals surface area (Å²) in [4.78, 5) is 24.4. The quantitative estimate of drug-likeness (QED) is 0.596. The van der Waals surface area contributed by atoms with Gasteiger partial charge in [0.15, 0.2) is 15.0 Å². The Morgan fingerprint density at radius 2 is 2.07 bits per heavy atom. The largest absolute Gasteiger partial charge is 0.341 e. The normalized spacial score (nSPS) is 17.0. The summed E-state index contributed by atoms with van der Waals surface area (Å²) >= 11 is 1.34. The molecule has 2 aromatic heterocycles. The number of anilines is 1. The zero-order valence-corrected chi connectivity index (χ0v) is 16.9. The van der Waals surface area contributed by atoms with E-state index in [2.05, 4.69) is 20.9 Å². The first-order valence-electron chi connectivity index (χ1n) is 8.91. The van der Waals surface area contributed by atoms with Gasteiger partial charge in [-0.1, -0.05) is 29.5 Å². The molecule has 0 unspecified atom stereocenters. The number of carbonyl (C=O) groups is 1. The number of benzene rings is 1. The molecule has 1 aliphatic heterocycles. The van der Waals surface area contributed by atoms with Crippen LogP contribution >= 0.6 is 11.3 Å². The lowest BCUT2D eigenvalue weighted by Crippen LogP contribution is -2.22. The number of pyridine rings is 1. The fourth-order valence-electron chi connectivity index (χ4n) is 3.43. The Labute approximate surface area is 167 Å². The van der Waals surface area contributed by atoms with Crippen molar-refractivity contribution in [3.63, 3.8) is 0 Å². The summed E-state index contributed by atoms with van der Waals surface area (Å²) in [6.45, 7) is 0.879. The number of carbonyl (C=O) groups excluding carboxylic acids is 1. The van der Waals surface area contributed by atoms with Crippen molar-refractivity contribution in [2.45, 2.75) is 23.8 Å². The van der Waals surface area contributed by atoms with Crippen LogP contribution in [0.1, 0.15) is 39.7 Å². The summed E-state index contributed by atoms with van der Waals surface area (Å²) in [7, 11) is -3.37. The second-order valence-corrected chi connectivity index (χ2v) is 9.80. The fraction of sp³-hybridized carbons (Fsp3) is 0.250. The van der Waals surface area contributed by atoms with Gasteiger partial charge in [0.1, 0.15) is 0 Å². The maximum absolute atomic E-state index is 12.9. The summed E-state index contributed by atoms with van der Waals surface area (Å²) in [5, 5.41) is 0.800. The molecule has 4 rings (SSSR count). The first-order valence-corrected chi connectivity index (χ1v) is 11.6. The fourth-order valence-corrected chi connectivity index (χ4v) is 5.05. The molecule has 3 heterocycles. The highest BCUT2D eigenvalue weighted by Crippen LogP contribution is 2.38. The van der Waals surface area contributed by atoms with Crippen molar-refractivity contribution in [1.29, 1.82) is 0 Å². The van der Waals surface area contributed by atoms with Crippen molar-refractivity contribution in [3.8, 4) is 0 Å². The van der Waals surface area contributed by atoms with E-state index < -0.39 is 9.84 Å². The molecule has 28 heavy (non-hydrogen) atoms. The molecule has 8 heteroatoms. The zero-order chi connectivity index (χ0) is 19.7. The molecule has 1 fully saturated rings. The molecule has 0 spiro atoms. The average molecular weight is 414 g/mol. The number of sulfone groups is 1. The number of ketones is 1. The number of thiazole rings is 1. The molecule has 3 aromatic rings. The molecule has 144 valence electrons. The molecule has 0 amide bonds. The lowest BCUT2D eigenvalue weighted by atomic mass is 10.1. The Balaban J connectivity index is 1.60. The van der Waals surface area contributed by atoms with Crippen LogP contribution in [0.4, 0.5) is 5.13 Å². The summed E-state index contributed by atoms with van der Waals surface area (Å²) in [6, 6.07) is 10.3. The molecular formula is C20H19N3O3S2.